The summed E-state index contributed by atoms with van der Waals surface area (Å²) in [5.41, 5.74) is 0. The first-order chi connectivity index (χ1) is 9.58. The molecule has 3 rings (SSSR count). The molecular weight excluding hydrogens is 274 g/mol. The largest absolute Gasteiger partial charge is 0.494 e. The molecule has 0 spiro atoms. The van der Waals surface area contributed by atoms with Crippen molar-refractivity contribution in [2.24, 2.45) is 11.8 Å². The maximum absolute atomic E-state index is 12.4. The molecule has 3 atom stereocenters. The van der Waals surface area contributed by atoms with Crippen LogP contribution in [0.2, 0.25) is 0 Å². The molecule has 2 fully saturated rings. The maximum atomic E-state index is 12.4. The number of hydrogen-bond acceptors (Lipinski definition) is 3. The van der Waals surface area contributed by atoms with Crippen molar-refractivity contribution in [2.45, 2.75) is 43.5 Å². The van der Waals surface area contributed by atoms with E-state index in [1.807, 2.05) is 6.92 Å². The van der Waals surface area contributed by atoms with Crippen molar-refractivity contribution >= 4 is 10.0 Å². The predicted octanol–water partition coefficient (Wildman–Crippen LogP) is 2.55. The second-order valence-corrected chi connectivity index (χ2v) is 7.52. The van der Waals surface area contributed by atoms with Crippen LogP contribution in [0.1, 0.15) is 32.6 Å². The SMILES string of the molecule is CCOc1ccc(S(=O)(=O)NC2CC3CCC2C3)cc1. The van der Waals surface area contributed by atoms with E-state index in [-0.39, 0.29) is 6.04 Å². The number of benzene rings is 1. The highest BCUT2D eigenvalue weighted by molar-refractivity contribution is 7.89. The molecule has 0 aromatic heterocycles. The minimum atomic E-state index is -3.40. The Kier molecular flexibility index (Phi) is 3.73. The van der Waals surface area contributed by atoms with Gasteiger partial charge in [0.05, 0.1) is 11.5 Å². The molecule has 0 heterocycles. The molecule has 4 nitrogen and oxygen atoms in total. The van der Waals surface area contributed by atoms with E-state index in [1.165, 1.54) is 19.3 Å². The zero-order chi connectivity index (χ0) is 14.2. The van der Waals surface area contributed by atoms with Crippen LogP contribution in [-0.4, -0.2) is 21.1 Å². The van der Waals surface area contributed by atoms with Crippen molar-refractivity contribution in [1.29, 1.82) is 0 Å². The highest BCUT2D eigenvalue weighted by Gasteiger charge is 2.41. The second kappa shape index (κ2) is 5.37. The monoisotopic (exact) mass is 295 g/mol. The van der Waals surface area contributed by atoms with Gasteiger partial charge in [-0.05, 0) is 62.3 Å². The minimum absolute atomic E-state index is 0.130. The lowest BCUT2D eigenvalue weighted by molar-refractivity contribution is 0.340. The normalized spacial score (nSPS) is 28.8. The van der Waals surface area contributed by atoms with Crippen LogP contribution in [0.3, 0.4) is 0 Å². The first-order valence-corrected chi connectivity index (χ1v) is 8.82. The van der Waals surface area contributed by atoms with Gasteiger partial charge in [-0.15, -0.1) is 0 Å². The standard InChI is InChI=1S/C15H21NO3S/c1-2-19-13-5-7-14(8-6-13)20(17,18)16-15-10-11-3-4-12(15)9-11/h5-8,11-12,15-16H,2-4,9-10H2,1H3. The van der Waals surface area contributed by atoms with Crippen LogP contribution in [0, 0.1) is 11.8 Å². The lowest BCUT2D eigenvalue weighted by atomic mass is 9.96. The Morgan fingerprint density at radius 1 is 1.20 bits per heavy atom. The van der Waals surface area contributed by atoms with Crippen LogP contribution in [0.15, 0.2) is 29.2 Å². The summed E-state index contributed by atoms with van der Waals surface area (Å²) >= 11 is 0. The fourth-order valence-corrected chi connectivity index (χ4v) is 4.86. The van der Waals surface area contributed by atoms with E-state index in [2.05, 4.69) is 4.72 Å². The van der Waals surface area contributed by atoms with Gasteiger partial charge in [0.25, 0.3) is 0 Å². The van der Waals surface area contributed by atoms with Gasteiger partial charge in [0.1, 0.15) is 5.75 Å². The minimum Gasteiger partial charge on any atom is -0.494 e. The zero-order valence-corrected chi connectivity index (χ0v) is 12.5. The van der Waals surface area contributed by atoms with Crippen LogP contribution in [-0.2, 0) is 10.0 Å². The van der Waals surface area contributed by atoms with E-state index in [1.54, 1.807) is 24.3 Å². The Labute approximate surface area is 120 Å². The molecule has 2 bridgehead atoms. The average molecular weight is 295 g/mol. The van der Waals surface area contributed by atoms with Gasteiger partial charge in [0.15, 0.2) is 0 Å². The number of hydrogen-bond donors (Lipinski definition) is 1. The Balaban J connectivity index is 1.71. The van der Waals surface area contributed by atoms with Crippen molar-refractivity contribution in [3.05, 3.63) is 24.3 Å². The second-order valence-electron chi connectivity index (χ2n) is 5.81. The van der Waals surface area contributed by atoms with Crippen LogP contribution < -0.4 is 9.46 Å². The van der Waals surface area contributed by atoms with Crippen LogP contribution in [0.4, 0.5) is 0 Å². The summed E-state index contributed by atoms with van der Waals surface area (Å²) in [6.45, 7) is 2.48. The van der Waals surface area contributed by atoms with Gasteiger partial charge < -0.3 is 4.74 Å². The summed E-state index contributed by atoms with van der Waals surface area (Å²) in [4.78, 5) is 0.323. The van der Waals surface area contributed by atoms with Crippen LogP contribution >= 0.6 is 0 Å². The molecule has 110 valence electrons. The highest BCUT2D eigenvalue weighted by Crippen LogP contribution is 2.44. The molecule has 2 aliphatic carbocycles. The molecule has 3 unspecified atom stereocenters. The number of sulfonamides is 1. The third-order valence-corrected chi connectivity index (χ3v) is 6.00. The fourth-order valence-electron chi connectivity index (χ4n) is 3.54. The Morgan fingerprint density at radius 3 is 2.50 bits per heavy atom. The molecule has 20 heavy (non-hydrogen) atoms. The van der Waals surface area contributed by atoms with E-state index < -0.39 is 10.0 Å². The van der Waals surface area contributed by atoms with Crippen molar-refractivity contribution in [1.82, 2.24) is 4.72 Å². The maximum Gasteiger partial charge on any atom is 0.240 e. The molecule has 0 aliphatic heterocycles. The lowest BCUT2D eigenvalue weighted by Gasteiger charge is -2.22. The van der Waals surface area contributed by atoms with E-state index in [9.17, 15) is 8.42 Å². The zero-order valence-electron chi connectivity index (χ0n) is 11.7. The third kappa shape index (κ3) is 2.69. The number of ether oxygens (including phenoxy) is 1. The van der Waals surface area contributed by atoms with Crippen molar-refractivity contribution < 1.29 is 13.2 Å². The van der Waals surface area contributed by atoms with E-state index >= 15 is 0 Å². The fraction of sp³-hybridized carbons (Fsp3) is 0.600. The average Bonchev–Trinajstić information content (AvgIpc) is 3.01. The Morgan fingerprint density at radius 2 is 1.95 bits per heavy atom. The Bertz CT molecular complexity index is 567. The van der Waals surface area contributed by atoms with E-state index in [0.29, 0.717) is 23.2 Å². The summed E-state index contributed by atoms with van der Waals surface area (Å²) in [7, 11) is -3.40. The van der Waals surface area contributed by atoms with Crippen molar-refractivity contribution in [2.75, 3.05) is 6.61 Å². The van der Waals surface area contributed by atoms with Crippen molar-refractivity contribution in [3.63, 3.8) is 0 Å². The quantitative estimate of drug-likeness (QED) is 0.908. The summed E-state index contributed by atoms with van der Waals surface area (Å²) in [6.07, 6.45) is 4.63. The molecule has 1 aromatic carbocycles. The first-order valence-electron chi connectivity index (χ1n) is 7.33. The van der Waals surface area contributed by atoms with Crippen LogP contribution in [0.25, 0.3) is 0 Å². The molecule has 5 heteroatoms. The predicted molar refractivity (Wildman–Crippen MR) is 77.2 cm³/mol. The molecule has 2 aliphatic rings. The smallest absolute Gasteiger partial charge is 0.240 e. The van der Waals surface area contributed by atoms with Crippen LogP contribution in [0.5, 0.6) is 5.75 Å². The van der Waals surface area contributed by atoms with Gasteiger partial charge in [-0.2, -0.15) is 0 Å². The molecule has 2 saturated carbocycles. The number of fused-ring (bicyclic) bond motifs is 2. The van der Waals surface area contributed by atoms with Gasteiger partial charge in [-0.1, -0.05) is 6.42 Å². The van der Waals surface area contributed by atoms with Gasteiger partial charge in [-0.25, -0.2) is 13.1 Å². The lowest BCUT2D eigenvalue weighted by Crippen LogP contribution is -2.38. The summed E-state index contributed by atoms with van der Waals surface area (Å²) in [6, 6.07) is 6.77. The molecular formula is C15H21NO3S. The third-order valence-electron chi connectivity index (χ3n) is 4.49. The number of rotatable bonds is 5. The van der Waals surface area contributed by atoms with Gasteiger partial charge in [-0.3, -0.25) is 0 Å². The summed E-state index contributed by atoms with van der Waals surface area (Å²) in [5, 5.41) is 0. The molecule has 1 aromatic rings. The van der Waals surface area contributed by atoms with Gasteiger partial charge >= 0.3 is 0 Å². The topological polar surface area (TPSA) is 55.4 Å². The molecule has 0 radical (unpaired) electrons. The summed E-state index contributed by atoms with van der Waals surface area (Å²) in [5.74, 6) is 1.97. The highest BCUT2D eigenvalue weighted by atomic mass is 32.2. The first kappa shape index (κ1) is 13.9. The Hall–Kier alpha value is -1.07. The molecule has 0 amide bonds. The number of nitrogens with one attached hydrogen (secondary N) is 1. The summed E-state index contributed by atoms with van der Waals surface area (Å²) < 4.78 is 33.0. The van der Waals surface area contributed by atoms with Crippen molar-refractivity contribution in [3.8, 4) is 5.75 Å². The van der Waals surface area contributed by atoms with Gasteiger partial charge in [0.2, 0.25) is 10.0 Å². The molecule has 1 N–H and O–H groups in total. The molecule has 0 saturated heterocycles. The van der Waals surface area contributed by atoms with Gasteiger partial charge in [0, 0.05) is 6.04 Å². The van der Waals surface area contributed by atoms with E-state index in [0.717, 1.165) is 12.3 Å². The van der Waals surface area contributed by atoms with E-state index in [4.69, 9.17) is 4.74 Å².